The van der Waals surface area contributed by atoms with Crippen LogP contribution in [0.1, 0.15) is 27.1 Å². The number of thiazole rings is 1. The van der Waals surface area contributed by atoms with E-state index in [1.807, 2.05) is 0 Å². The normalized spacial score (nSPS) is 10.4. The van der Waals surface area contributed by atoms with Crippen LogP contribution >= 0.6 is 11.3 Å². The van der Waals surface area contributed by atoms with Gasteiger partial charge < -0.3 is 10.5 Å². The molecule has 0 radical (unpaired) electrons. The number of hydrogen-bond donors (Lipinski definition) is 1. The maximum atomic E-state index is 11.5. The van der Waals surface area contributed by atoms with Crippen LogP contribution in [0.2, 0.25) is 0 Å². The van der Waals surface area contributed by atoms with E-state index in [0.717, 1.165) is 16.0 Å². The Kier molecular flexibility index (Phi) is 3.06. The summed E-state index contributed by atoms with van der Waals surface area (Å²) in [7, 11) is 0. The van der Waals surface area contributed by atoms with Gasteiger partial charge in [-0.25, -0.2) is 9.78 Å². The number of ether oxygens (including phenoxy) is 1. The SMILES string of the molecule is CCOC(=O)c1ccc2nc(C(N)=O)sc2c1. The van der Waals surface area contributed by atoms with E-state index in [0.29, 0.717) is 17.7 Å². The number of carbonyl (C=O) groups is 2. The van der Waals surface area contributed by atoms with E-state index < -0.39 is 5.91 Å². The fraction of sp³-hybridized carbons (Fsp3) is 0.182. The first kappa shape index (κ1) is 11.5. The number of benzene rings is 1. The summed E-state index contributed by atoms with van der Waals surface area (Å²) in [6.45, 7) is 2.07. The largest absolute Gasteiger partial charge is 0.462 e. The molecule has 6 heteroatoms. The Hall–Kier alpha value is -1.95. The second-order valence-electron chi connectivity index (χ2n) is 3.29. The maximum absolute atomic E-state index is 11.5. The Morgan fingerprint density at radius 2 is 2.24 bits per heavy atom. The number of rotatable bonds is 3. The number of fused-ring (bicyclic) bond motifs is 1. The summed E-state index contributed by atoms with van der Waals surface area (Å²) in [6, 6.07) is 4.94. The van der Waals surface area contributed by atoms with Crippen molar-refractivity contribution in [2.24, 2.45) is 5.73 Å². The van der Waals surface area contributed by atoms with Gasteiger partial charge in [-0.05, 0) is 25.1 Å². The minimum atomic E-state index is -0.566. The van der Waals surface area contributed by atoms with Crippen LogP contribution in [0.4, 0.5) is 0 Å². The second-order valence-corrected chi connectivity index (χ2v) is 4.32. The highest BCUT2D eigenvalue weighted by Crippen LogP contribution is 2.23. The number of primary amides is 1. The molecule has 1 amide bonds. The molecule has 1 aromatic heterocycles. The highest BCUT2D eigenvalue weighted by molar-refractivity contribution is 7.20. The zero-order valence-corrected chi connectivity index (χ0v) is 9.91. The van der Waals surface area contributed by atoms with Gasteiger partial charge in [0.05, 0.1) is 22.4 Å². The summed E-state index contributed by atoms with van der Waals surface area (Å²) in [6.07, 6.45) is 0. The lowest BCUT2D eigenvalue weighted by atomic mass is 10.2. The van der Waals surface area contributed by atoms with E-state index in [2.05, 4.69) is 4.98 Å². The fourth-order valence-corrected chi connectivity index (χ4v) is 2.23. The molecular formula is C11H10N2O3S. The Morgan fingerprint density at radius 3 is 2.88 bits per heavy atom. The predicted octanol–water partition coefficient (Wildman–Crippen LogP) is 1.57. The van der Waals surface area contributed by atoms with Gasteiger partial charge in [0.25, 0.3) is 5.91 Å². The zero-order chi connectivity index (χ0) is 12.4. The third-order valence-corrected chi connectivity index (χ3v) is 3.14. The molecule has 0 spiro atoms. The minimum absolute atomic E-state index is 0.237. The average Bonchev–Trinajstić information content (AvgIpc) is 2.71. The van der Waals surface area contributed by atoms with Gasteiger partial charge >= 0.3 is 5.97 Å². The number of amides is 1. The van der Waals surface area contributed by atoms with Crippen molar-refractivity contribution in [2.45, 2.75) is 6.92 Å². The van der Waals surface area contributed by atoms with Crippen LogP contribution < -0.4 is 5.73 Å². The predicted molar refractivity (Wildman–Crippen MR) is 64.1 cm³/mol. The summed E-state index contributed by atoms with van der Waals surface area (Å²) in [5, 5.41) is 0.237. The number of nitrogens with two attached hydrogens (primary N) is 1. The molecule has 0 saturated carbocycles. The van der Waals surface area contributed by atoms with E-state index in [4.69, 9.17) is 10.5 Å². The first-order valence-corrected chi connectivity index (χ1v) is 5.81. The molecule has 17 heavy (non-hydrogen) atoms. The van der Waals surface area contributed by atoms with E-state index in [1.165, 1.54) is 0 Å². The van der Waals surface area contributed by atoms with Crippen LogP contribution in [0.15, 0.2) is 18.2 Å². The van der Waals surface area contributed by atoms with Crippen molar-refractivity contribution in [3.8, 4) is 0 Å². The molecule has 1 aromatic carbocycles. The van der Waals surface area contributed by atoms with Gasteiger partial charge in [0, 0.05) is 0 Å². The molecule has 0 bridgehead atoms. The standard InChI is InChI=1S/C11H10N2O3S/c1-2-16-11(15)6-3-4-7-8(5-6)17-10(13-7)9(12)14/h3-5H,2H2,1H3,(H2,12,14). The van der Waals surface area contributed by atoms with Gasteiger partial charge in [0.15, 0.2) is 5.01 Å². The van der Waals surface area contributed by atoms with E-state index in [1.54, 1.807) is 25.1 Å². The lowest BCUT2D eigenvalue weighted by Crippen LogP contribution is -2.09. The first-order chi connectivity index (χ1) is 8.11. The van der Waals surface area contributed by atoms with Crippen LogP contribution in [-0.2, 0) is 4.74 Å². The number of aromatic nitrogens is 1. The molecule has 88 valence electrons. The molecule has 2 N–H and O–H groups in total. The highest BCUT2D eigenvalue weighted by atomic mass is 32.1. The minimum Gasteiger partial charge on any atom is -0.462 e. The van der Waals surface area contributed by atoms with Crippen LogP contribution in [-0.4, -0.2) is 23.5 Å². The lowest BCUT2D eigenvalue weighted by Gasteiger charge is -2.00. The highest BCUT2D eigenvalue weighted by Gasteiger charge is 2.12. The molecule has 0 fully saturated rings. The fourth-order valence-electron chi connectivity index (χ4n) is 1.37. The third kappa shape index (κ3) is 2.26. The Morgan fingerprint density at radius 1 is 1.47 bits per heavy atom. The van der Waals surface area contributed by atoms with Gasteiger partial charge in [-0.1, -0.05) is 0 Å². The lowest BCUT2D eigenvalue weighted by molar-refractivity contribution is 0.0526. The third-order valence-electron chi connectivity index (χ3n) is 2.11. The van der Waals surface area contributed by atoms with Gasteiger partial charge in [-0.3, -0.25) is 4.79 Å². The first-order valence-electron chi connectivity index (χ1n) is 4.99. The number of nitrogens with zero attached hydrogens (tertiary/aromatic N) is 1. The topological polar surface area (TPSA) is 82.3 Å². The Bertz CT molecular complexity index is 591. The summed E-state index contributed by atoms with van der Waals surface area (Å²) < 4.78 is 5.62. The van der Waals surface area contributed by atoms with Gasteiger partial charge in [-0.2, -0.15) is 0 Å². The van der Waals surface area contributed by atoms with Gasteiger partial charge in [-0.15, -0.1) is 11.3 Å². The smallest absolute Gasteiger partial charge is 0.338 e. The van der Waals surface area contributed by atoms with Crippen molar-refractivity contribution < 1.29 is 14.3 Å². The Balaban J connectivity index is 2.43. The van der Waals surface area contributed by atoms with Crippen LogP contribution in [0.25, 0.3) is 10.2 Å². The van der Waals surface area contributed by atoms with Crippen molar-refractivity contribution in [3.05, 3.63) is 28.8 Å². The summed E-state index contributed by atoms with van der Waals surface area (Å²) in [5.41, 5.74) is 6.23. The number of carbonyl (C=O) groups excluding carboxylic acids is 2. The van der Waals surface area contributed by atoms with Crippen molar-refractivity contribution >= 4 is 33.4 Å². The summed E-state index contributed by atoms with van der Waals surface area (Å²) in [5.74, 6) is -0.952. The number of hydrogen-bond acceptors (Lipinski definition) is 5. The molecule has 2 aromatic rings. The molecule has 0 unspecified atom stereocenters. The van der Waals surface area contributed by atoms with Crippen LogP contribution in [0.5, 0.6) is 0 Å². The molecule has 1 heterocycles. The van der Waals surface area contributed by atoms with Crippen molar-refractivity contribution in [2.75, 3.05) is 6.61 Å². The second kappa shape index (κ2) is 4.50. The monoisotopic (exact) mass is 250 g/mol. The summed E-state index contributed by atoms with van der Waals surface area (Å²) in [4.78, 5) is 26.5. The van der Waals surface area contributed by atoms with Crippen molar-refractivity contribution in [3.63, 3.8) is 0 Å². The molecule has 0 aliphatic rings. The average molecular weight is 250 g/mol. The van der Waals surface area contributed by atoms with E-state index in [-0.39, 0.29) is 11.0 Å². The summed E-state index contributed by atoms with van der Waals surface area (Å²) >= 11 is 1.16. The molecule has 0 aliphatic carbocycles. The Labute approximate surface area is 101 Å². The van der Waals surface area contributed by atoms with Crippen molar-refractivity contribution in [1.29, 1.82) is 0 Å². The van der Waals surface area contributed by atoms with Crippen molar-refractivity contribution in [1.82, 2.24) is 4.98 Å². The maximum Gasteiger partial charge on any atom is 0.338 e. The quantitative estimate of drug-likeness (QED) is 0.838. The van der Waals surface area contributed by atoms with Gasteiger partial charge in [0.2, 0.25) is 0 Å². The molecule has 5 nitrogen and oxygen atoms in total. The van der Waals surface area contributed by atoms with Crippen LogP contribution in [0, 0.1) is 0 Å². The molecule has 2 rings (SSSR count). The molecule has 0 aliphatic heterocycles. The van der Waals surface area contributed by atoms with E-state index >= 15 is 0 Å². The molecular weight excluding hydrogens is 240 g/mol. The zero-order valence-electron chi connectivity index (χ0n) is 9.10. The van der Waals surface area contributed by atoms with Crippen LogP contribution in [0.3, 0.4) is 0 Å². The van der Waals surface area contributed by atoms with E-state index in [9.17, 15) is 9.59 Å². The van der Waals surface area contributed by atoms with Gasteiger partial charge in [0.1, 0.15) is 0 Å². The molecule has 0 atom stereocenters. The number of esters is 1. The molecule has 0 saturated heterocycles.